The highest BCUT2D eigenvalue weighted by Gasteiger charge is 2.08. The van der Waals surface area contributed by atoms with Crippen molar-refractivity contribution in [1.29, 1.82) is 0 Å². The average Bonchev–Trinajstić information content (AvgIpc) is 3.05. The zero-order valence-corrected chi connectivity index (χ0v) is 14.8. The highest BCUT2D eigenvalue weighted by molar-refractivity contribution is 6.30. The number of nitrogens with zero attached hydrogens (tertiary/aromatic N) is 2. The molecule has 1 N–H and O–H groups in total. The van der Waals surface area contributed by atoms with Crippen LogP contribution in [0.4, 0.5) is 0 Å². The molecule has 0 amide bonds. The number of hydrogen-bond acceptors (Lipinski definition) is 2. The zero-order chi connectivity index (χ0) is 16.5. The van der Waals surface area contributed by atoms with Crippen molar-refractivity contribution in [2.45, 2.75) is 6.61 Å². The highest BCUT2D eigenvalue weighted by atomic mass is 35.5. The van der Waals surface area contributed by atoms with E-state index in [1.54, 1.807) is 0 Å². The van der Waals surface area contributed by atoms with Crippen molar-refractivity contribution >= 4 is 29.7 Å². The fourth-order valence-electron chi connectivity index (χ4n) is 2.85. The van der Waals surface area contributed by atoms with E-state index in [0.29, 0.717) is 5.02 Å². The Morgan fingerprint density at radius 1 is 0.880 bits per heavy atom. The van der Waals surface area contributed by atoms with Gasteiger partial charge in [0.15, 0.2) is 0 Å². The average molecular weight is 371 g/mol. The Labute approximate surface area is 156 Å². The van der Waals surface area contributed by atoms with E-state index in [4.69, 9.17) is 11.6 Å². The van der Waals surface area contributed by atoms with E-state index in [1.165, 1.54) is 0 Å². The van der Waals surface area contributed by atoms with E-state index in [2.05, 4.69) is 4.98 Å². The molecule has 0 radical (unpaired) electrons. The van der Waals surface area contributed by atoms with Gasteiger partial charge in [0.2, 0.25) is 0 Å². The van der Waals surface area contributed by atoms with Crippen LogP contribution in [0.15, 0.2) is 73.1 Å². The van der Waals surface area contributed by atoms with Crippen molar-refractivity contribution in [2.24, 2.45) is 0 Å². The number of hydrogen-bond donors (Lipinski definition) is 1. The maximum absolute atomic E-state index is 9.54. The number of rotatable bonds is 3. The number of imidazole rings is 1. The molecule has 0 saturated carbocycles. The lowest BCUT2D eigenvalue weighted by Gasteiger charge is -2.07. The van der Waals surface area contributed by atoms with E-state index in [0.717, 1.165) is 33.6 Å². The Morgan fingerprint density at radius 3 is 2.36 bits per heavy atom. The number of fused-ring (bicyclic) bond motifs is 1. The molecule has 5 heteroatoms. The largest absolute Gasteiger partial charge is 0.392 e. The zero-order valence-electron chi connectivity index (χ0n) is 13.3. The standard InChI is InChI=1S/C20H15ClN2O.ClH/c21-17-8-5-14(6-9-17)19-12-23-11-15(7-10-20(23)22-19)18-4-2-1-3-16(18)13-24;/h1-12,24H,13H2;1H. The predicted octanol–water partition coefficient (Wildman–Crippen LogP) is 5.24. The topological polar surface area (TPSA) is 37.5 Å². The summed E-state index contributed by atoms with van der Waals surface area (Å²) in [5.41, 5.74) is 5.80. The van der Waals surface area contributed by atoms with Crippen LogP contribution in [0.2, 0.25) is 5.02 Å². The molecule has 0 fully saturated rings. The first-order chi connectivity index (χ1) is 11.7. The highest BCUT2D eigenvalue weighted by Crippen LogP contribution is 2.26. The summed E-state index contributed by atoms with van der Waals surface area (Å²) in [6.07, 6.45) is 4.04. The molecule has 0 aliphatic rings. The SMILES string of the molecule is Cl.OCc1ccccc1-c1ccc2nc(-c3ccc(Cl)cc3)cn2c1. The fourth-order valence-corrected chi connectivity index (χ4v) is 2.98. The van der Waals surface area contributed by atoms with Gasteiger partial charge in [-0.15, -0.1) is 12.4 Å². The molecule has 2 aromatic heterocycles. The van der Waals surface area contributed by atoms with Crippen LogP contribution in [-0.4, -0.2) is 14.5 Å². The van der Waals surface area contributed by atoms with Crippen molar-refractivity contribution in [3.63, 3.8) is 0 Å². The van der Waals surface area contributed by atoms with Crippen molar-refractivity contribution in [2.75, 3.05) is 0 Å². The molecule has 0 spiro atoms. The van der Waals surface area contributed by atoms with Crippen LogP contribution in [0.3, 0.4) is 0 Å². The smallest absolute Gasteiger partial charge is 0.137 e. The van der Waals surface area contributed by atoms with Gasteiger partial charge in [-0.3, -0.25) is 0 Å². The molecular formula is C20H16Cl2N2O. The van der Waals surface area contributed by atoms with E-state index >= 15 is 0 Å². The first kappa shape index (κ1) is 17.5. The summed E-state index contributed by atoms with van der Waals surface area (Å²) in [6.45, 7) is 0.0220. The minimum absolute atomic E-state index is 0. The molecule has 4 rings (SSSR count). The molecular weight excluding hydrogens is 355 g/mol. The molecule has 3 nitrogen and oxygen atoms in total. The summed E-state index contributed by atoms with van der Waals surface area (Å²) in [5, 5.41) is 10.3. The Hall–Kier alpha value is -2.33. The van der Waals surface area contributed by atoms with Crippen LogP contribution in [-0.2, 0) is 6.61 Å². The fraction of sp³-hybridized carbons (Fsp3) is 0.0500. The van der Waals surface area contributed by atoms with Gasteiger partial charge in [-0.2, -0.15) is 0 Å². The maximum atomic E-state index is 9.54. The second kappa shape index (κ2) is 7.28. The van der Waals surface area contributed by atoms with Crippen LogP contribution >= 0.6 is 24.0 Å². The normalized spacial score (nSPS) is 10.6. The van der Waals surface area contributed by atoms with Gasteiger partial charge >= 0.3 is 0 Å². The number of aliphatic hydroxyl groups excluding tert-OH is 1. The minimum Gasteiger partial charge on any atom is -0.392 e. The Morgan fingerprint density at radius 2 is 1.60 bits per heavy atom. The van der Waals surface area contributed by atoms with Crippen molar-refractivity contribution in [3.8, 4) is 22.4 Å². The van der Waals surface area contributed by atoms with Gasteiger partial charge in [0.1, 0.15) is 5.65 Å². The molecule has 2 aromatic carbocycles. The molecule has 0 saturated heterocycles. The Kier molecular flexibility index (Phi) is 5.09. The van der Waals surface area contributed by atoms with E-state index in [-0.39, 0.29) is 19.0 Å². The monoisotopic (exact) mass is 370 g/mol. The van der Waals surface area contributed by atoms with Crippen LogP contribution in [0.1, 0.15) is 5.56 Å². The summed E-state index contributed by atoms with van der Waals surface area (Å²) in [6, 6.07) is 19.5. The third-order valence-corrected chi connectivity index (χ3v) is 4.34. The Balaban J connectivity index is 0.00000182. The third kappa shape index (κ3) is 3.40. The molecule has 0 unspecified atom stereocenters. The lowest BCUT2D eigenvalue weighted by Crippen LogP contribution is -1.91. The van der Waals surface area contributed by atoms with Crippen LogP contribution in [0.25, 0.3) is 28.0 Å². The molecule has 0 aliphatic heterocycles. The molecule has 4 aromatic rings. The summed E-state index contributed by atoms with van der Waals surface area (Å²) in [7, 11) is 0. The molecule has 25 heavy (non-hydrogen) atoms. The summed E-state index contributed by atoms with van der Waals surface area (Å²) < 4.78 is 2.01. The van der Waals surface area contributed by atoms with Gasteiger partial charge in [0, 0.05) is 23.0 Å². The van der Waals surface area contributed by atoms with Crippen LogP contribution < -0.4 is 0 Å². The van der Waals surface area contributed by atoms with Crippen molar-refractivity contribution in [3.05, 3.63) is 83.6 Å². The number of halogens is 2. The van der Waals surface area contributed by atoms with Gasteiger partial charge in [-0.1, -0.05) is 48.0 Å². The van der Waals surface area contributed by atoms with Crippen LogP contribution in [0, 0.1) is 0 Å². The van der Waals surface area contributed by atoms with Gasteiger partial charge in [-0.05, 0) is 41.0 Å². The predicted molar refractivity (Wildman–Crippen MR) is 104 cm³/mol. The molecule has 0 atom stereocenters. The number of pyridine rings is 1. The lowest BCUT2D eigenvalue weighted by atomic mass is 10.0. The molecule has 126 valence electrons. The van der Waals surface area contributed by atoms with Gasteiger partial charge in [-0.25, -0.2) is 4.98 Å². The van der Waals surface area contributed by atoms with Gasteiger partial charge in [0.25, 0.3) is 0 Å². The third-order valence-electron chi connectivity index (χ3n) is 4.09. The molecule has 0 bridgehead atoms. The van der Waals surface area contributed by atoms with E-state index < -0.39 is 0 Å². The van der Waals surface area contributed by atoms with Crippen molar-refractivity contribution in [1.82, 2.24) is 9.38 Å². The van der Waals surface area contributed by atoms with Gasteiger partial charge < -0.3 is 9.51 Å². The summed E-state index contributed by atoms with van der Waals surface area (Å²) in [4.78, 5) is 4.66. The quantitative estimate of drug-likeness (QED) is 0.535. The lowest BCUT2D eigenvalue weighted by molar-refractivity contribution is 0.282. The molecule has 0 aliphatic carbocycles. The first-order valence-electron chi connectivity index (χ1n) is 7.68. The second-order valence-electron chi connectivity index (χ2n) is 5.63. The summed E-state index contributed by atoms with van der Waals surface area (Å²) >= 11 is 5.95. The number of aliphatic hydroxyl groups is 1. The number of aromatic nitrogens is 2. The first-order valence-corrected chi connectivity index (χ1v) is 8.06. The van der Waals surface area contributed by atoms with Crippen LogP contribution in [0.5, 0.6) is 0 Å². The van der Waals surface area contributed by atoms with E-state index in [9.17, 15) is 5.11 Å². The van der Waals surface area contributed by atoms with Gasteiger partial charge in [0.05, 0.1) is 12.3 Å². The Bertz CT molecular complexity index is 1010. The number of benzene rings is 2. The second-order valence-corrected chi connectivity index (χ2v) is 6.07. The van der Waals surface area contributed by atoms with E-state index in [1.807, 2.05) is 77.5 Å². The maximum Gasteiger partial charge on any atom is 0.137 e. The van der Waals surface area contributed by atoms with Crippen molar-refractivity contribution < 1.29 is 5.11 Å². The molecule has 2 heterocycles. The summed E-state index contributed by atoms with van der Waals surface area (Å²) in [5.74, 6) is 0. The minimum atomic E-state index is 0.